The van der Waals surface area contributed by atoms with Crippen molar-refractivity contribution in [3.05, 3.63) is 35.6 Å². The van der Waals surface area contributed by atoms with E-state index in [0.717, 1.165) is 41.4 Å². The number of ether oxygens (including phenoxy) is 1. The molecule has 0 aliphatic rings. The average molecular weight is 246 g/mol. The lowest BCUT2D eigenvalue weighted by molar-refractivity contribution is 0.317. The van der Waals surface area contributed by atoms with Crippen LogP contribution in [0, 0.1) is 6.92 Å². The summed E-state index contributed by atoms with van der Waals surface area (Å²) in [4.78, 5) is 0. The van der Waals surface area contributed by atoms with E-state index in [1.54, 1.807) is 0 Å². The third-order valence-corrected chi connectivity index (χ3v) is 2.79. The van der Waals surface area contributed by atoms with E-state index in [0.29, 0.717) is 6.54 Å². The molecule has 96 valence electrons. The fraction of sp³-hybridized carbons (Fsp3) is 0.357. The van der Waals surface area contributed by atoms with Gasteiger partial charge in [-0.3, -0.25) is 0 Å². The SMILES string of the molecule is CCCOc1ccc(-c2noc(C)c2CN)cc1. The third-order valence-electron chi connectivity index (χ3n) is 2.79. The Morgan fingerprint density at radius 3 is 2.61 bits per heavy atom. The summed E-state index contributed by atoms with van der Waals surface area (Å²) >= 11 is 0. The van der Waals surface area contributed by atoms with E-state index in [1.165, 1.54) is 0 Å². The maximum absolute atomic E-state index is 5.70. The van der Waals surface area contributed by atoms with Crippen molar-refractivity contribution in [2.24, 2.45) is 5.73 Å². The third kappa shape index (κ3) is 2.54. The van der Waals surface area contributed by atoms with Crippen LogP contribution in [-0.2, 0) is 6.54 Å². The van der Waals surface area contributed by atoms with Crippen molar-refractivity contribution in [1.29, 1.82) is 0 Å². The molecular formula is C14H18N2O2. The van der Waals surface area contributed by atoms with E-state index < -0.39 is 0 Å². The second-order valence-electron chi connectivity index (χ2n) is 4.14. The fourth-order valence-electron chi connectivity index (χ4n) is 1.79. The van der Waals surface area contributed by atoms with Crippen molar-refractivity contribution in [3.63, 3.8) is 0 Å². The molecule has 1 aromatic carbocycles. The number of rotatable bonds is 5. The van der Waals surface area contributed by atoms with Crippen LogP contribution in [0.3, 0.4) is 0 Å². The monoisotopic (exact) mass is 246 g/mol. The molecule has 18 heavy (non-hydrogen) atoms. The van der Waals surface area contributed by atoms with Crippen LogP contribution < -0.4 is 10.5 Å². The highest BCUT2D eigenvalue weighted by Gasteiger charge is 2.12. The van der Waals surface area contributed by atoms with Crippen molar-refractivity contribution in [1.82, 2.24) is 5.16 Å². The number of nitrogens with two attached hydrogens (primary N) is 1. The summed E-state index contributed by atoms with van der Waals surface area (Å²) in [5, 5.41) is 4.05. The molecule has 0 unspecified atom stereocenters. The minimum atomic E-state index is 0.429. The van der Waals surface area contributed by atoms with Gasteiger partial charge in [0.25, 0.3) is 0 Å². The molecule has 2 N–H and O–H groups in total. The molecule has 2 rings (SSSR count). The first-order valence-electron chi connectivity index (χ1n) is 6.14. The number of nitrogens with zero attached hydrogens (tertiary/aromatic N) is 1. The van der Waals surface area contributed by atoms with Gasteiger partial charge in [0.1, 0.15) is 17.2 Å². The second kappa shape index (κ2) is 5.69. The molecular weight excluding hydrogens is 228 g/mol. The molecule has 0 saturated carbocycles. The van der Waals surface area contributed by atoms with Gasteiger partial charge in [-0.25, -0.2) is 0 Å². The first kappa shape index (κ1) is 12.6. The summed E-state index contributed by atoms with van der Waals surface area (Å²) in [5.74, 6) is 1.65. The zero-order valence-corrected chi connectivity index (χ0v) is 10.8. The Morgan fingerprint density at radius 2 is 2.00 bits per heavy atom. The van der Waals surface area contributed by atoms with E-state index in [9.17, 15) is 0 Å². The molecule has 4 heteroatoms. The summed E-state index contributed by atoms with van der Waals surface area (Å²) in [6.45, 7) is 5.12. The van der Waals surface area contributed by atoms with Gasteiger partial charge in [0, 0.05) is 17.7 Å². The molecule has 0 amide bonds. The van der Waals surface area contributed by atoms with Crippen LogP contribution >= 0.6 is 0 Å². The normalized spacial score (nSPS) is 10.6. The summed E-state index contributed by atoms with van der Waals surface area (Å²) in [5.41, 5.74) is 8.47. The van der Waals surface area contributed by atoms with E-state index in [2.05, 4.69) is 12.1 Å². The van der Waals surface area contributed by atoms with Gasteiger partial charge in [0.05, 0.1) is 6.61 Å². The lowest BCUT2D eigenvalue weighted by atomic mass is 10.1. The Hall–Kier alpha value is -1.81. The molecule has 0 bridgehead atoms. The fourth-order valence-corrected chi connectivity index (χ4v) is 1.79. The lowest BCUT2D eigenvalue weighted by Crippen LogP contribution is -1.99. The summed E-state index contributed by atoms with van der Waals surface area (Å²) in [6, 6.07) is 7.83. The molecule has 2 aromatic rings. The molecule has 0 atom stereocenters. The molecule has 1 aromatic heterocycles. The lowest BCUT2D eigenvalue weighted by Gasteiger charge is -2.05. The minimum absolute atomic E-state index is 0.429. The quantitative estimate of drug-likeness (QED) is 0.881. The van der Waals surface area contributed by atoms with Gasteiger partial charge in [-0.15, -0.1) is 0 Å². The van der Waals surface area contributed by atoms with Crippen molar-refractivity contribution in [3.8, 4) is 17.0 Å². The molecule has 0 fully saturated rings. The van der Waals surface area contributed by atoms with Gasteiger partial charge in [-0.05, 0) is 37.6 Å². The van der Waals surface area contributed by atoms with Crippen LogP contribution in [0.4, 0.5) is 0 Å². The van der Waals surface area contributed by atoms with E-state index in [1.807, 2.05) is 31.2 Å². The minimum Gasteiger partial charge on any atom is -0.494 e. The van der Waals surface area contributed by atoms with Crippen LogP contribution in [0.2, 0.25) is 0 Å². The van der Waals surface area contributed by atoms with Gasteiger partial charge in [0.15, 0.2) is 0 Å². The average Bonchev–Trinajstić information content (AvgIpc) is 2.78. The number of aromatic nitrogens is 1. The van der Waals surface area contributed by atoms with Crippen molar-refractivity contribution < 1.29 is 9.26 Å². The molecule has 4 nitrogen and oxygen atoms in total. The van der Waals surface area contributed by atoms with E-state index >= 15 is 0 Å². The Morgan fingerprint density at radius 1 is 1.28 bits per heavy atom. The Bertz CT molecular complexity index is 503. The Balaban J connectivity index is 2.23. The van der Waals surface area contributed by atoms with Crippen LogP contribution in [0.1, 0.15) is 24.7 Å². The highest BCUT2D eigenvalue weighted by atomic mass is 16.5. The van der Waals surface area contributed by atoms with Gasteiger partial charge in [-0.1, -0.05) is 12.1 Å². The number of hydrogen-bond acceptors (Lipinski definition) is 4. The Labute approximate surface area is 107 Å². The standard InChI is InChI=1S/C14H18N2O2/c1-3-8-17-12-6-4-11(5-7-12)14-13(9-15)10(2)18-16-14/h4-7H,3,8-9,15H2,1-2H3. The Kier molecular flexibility index (Phi) is 3.99. The number of hydrogen-bond donors (Lipinski definition) is 1. The molecule has 0 aliphatic heterocycles. The smallest absolute Gasteiger partial charge is 0.138 e. The molecule has 1 heterocycles. The molecule has 0 saturated heterocycles. The number of aryl methyl sites for hydroxylation is 1. The predicted octanol–water partition coefficient (Wildman–Crippen LogP) is 2.90. The summed E-state index contributed by atoms with van der Waals surface area (Å²) < 4.78 is 10.7. The zero-order chi connectivity index (χ0) is 13.0. The van der Waals surface area contributed by atoms with Crippen molar-refractivity contribution in [2.45, 2.75) is 26.8 Å². The van der Waals surface area contributed by atoms with Gasteiger partial charge < -0.3 is 15.0 Å². The van der Waals surface area contributed by atoms with Crippen molar-refractivity contribution in [2.75, 3.05) is 6.61 Å². The van der Waals surface area contributed by atoms with Crippen LogP contribution in [0.25, 0.3) is 11.3 Å². The topological polar surface area (TPSA) is 61.3 Å². The predicted molar refractivity (Wildman–Crippen MR) is 70.4 cm³/mol. The van der Waals surface area contributed by atoms with Crippen LogP contribution in [0.15, 0.2) is 28.8 Å². The maximum atomic E-state index is 5.70. The summed E-state index contributed by atoms with van der Waals surface area (Å²) in [7, 11) is 0. The number of benzene rings is 1. The molecule has 0 spiro atoms. The zero-order valence-electron chi connectivity index (χ0n) is 10.8. The first-order valence-corrected chi connectivity index (χ1v) is 6.14. The van der Waals surface area contributed by atoms with Gasteiger partial charge >= 0.3 is 0 Å². The van der Waals surface area contributed by atoms with Gasteiger partial charge in [-0.2, -0.15) is 0 Å². The van der Waals surface area contributed by atoms with Crippen LogP contribution in [0.5, 0.6) is 5.75 Å². The van der Waals surface area contributed by atoms with E-state index in [4.69, 9.17) is 15.0 Å². The maximum Gasteiger partial charge on any atom is 0.138 e. The highest BCUT2D eigenvalue weighted by Crippen LogP contribution is 2.26. The van der Waals surface area contributed by atoms with Crippen molar-refractivity contribution >= 4 is 0 Å². The highest BCUT2D eigenvalue weighted by molar-refractivity contribution is 5.64. The second-order valence-corrected chi connectivity index (χ2v) is 4.14. The summed E-state index contributed by atoms with van der Waals surface area (Å²) in [6.07, 6.45) is 1.00. The van der Waals surface area contributed by atoms with Gasteiger partial charge in [0.2, 0.25) is 0 Å². The van der Waals surface area contributed by atoms with E-state index in [-0.39, 0.29) is 0 Å². The first-order chi connectivity index (χ1) is 8.76. The molecule has 0 radical (unpaired) electrons. The van der Waals surface area contributed by atoms with Crippen LogP contribution in [-0.4, -0.2) is 11.8 Å². The molecule has 0 aliphatic carbocycles. The largest absolute Gasteiger partial charge is 0.494 e.